The highest BCUT2D eigenvalue weighted by Crippen LogP contribution is 2.13. The van der Waals surface area contributed by atoms with Crippen molar-refractivity contribution in [2.45, 2.75) is 38.8 Å². The van der Waals surface area contributed by atoms with Crippen molar-refractivity contribution in [1.82, 2.24) is 10.2 Å². The summed E-state index contributed by atoms with van der Waals surface area (Å²) in [5.74, 6) is -0.0296. The monoisotopic (exact) mass is 264 g/mol. The predicted molar refractivity (Wildman–Crippen MR) is 73.4 cm³/mol. The Hall–Kier alpha value is -1.42. The van der Waals surface area contributed by atoms with E-state index in [2.05, 4.69) is 19.2 Å². The van der Waals surface area contributed by atoms with Crippen molar-refractivity contribution in [3.63, 3.8) is 0 Å². The van der Waals surface area contributed by atoms with Gasteiger partial charge >= 0.3 is 0 Å². The van der Waals surface area contributed by atoms with Gasteiger partial charge < -0.3 is 10.2 Å². The lowest BCUT2D eigenvalue weighted by atomic mass is 10.1. The van der Waals surface area contributed by atoms with E-state index in [-0.39, 0.29) is 17.8 Å². The molecule has 2 rings (SSSR count). The highest BCUT2D eigenvalue weighted by molar-refractivity contribution is 5.84. The van der Waals surface area contributed by atoms with E-state index < -0.39 is 0 Å². The van der Waals surface area contributed by atoms with Gasteiger partial charge in [-0.2, -0.15) is 0 Å². The molecule has 0 spiro atoms. The van der Waals surface area contributed by atoms with E-state index in [1.165, 1.54) is 12.1 Å². The lowest BCUT2D eigenvalue weighted by Gasteiger charge is -2.18. The van der Waals surface area contributed by atoms with Crippen LogP contribution >= 0.6 is 0 Å². The maximum Gasteiger partial charge on any atom is 0.239 e. The van der Waals surface area contributed by atoms with Crippen LogP contribution in [0.4, 0.5) is 4.39 Å². The van der Waals surface area contributed by atoms with Crippen molar-refractivity contribution >= 4 is 5.91 Å². The molecule has 4 heteroatoms. The number of carbonyl (C=O) groups is 1. The normalized spacial score (nSPS) is 19.5. The molecule has 1 N–H and O–H groups in total. The molecule has 1 unspecified atom stereocenters. The van der Waals surface area contributed by atoms with Gasteiger partial charge in [-0.1, -0.05) is 26.0 Å². The summed E-state index contributed by atoms with van der Waals surface area (Å²) in [6, 6.07) is 6.77. The standard InChI is InChI=1S/C15H21FN2O/c1-11(2)17-14-8-10-18(15(14)19)9-7-12-3-5-13(16)6-4-12/h3-6,11,14,17H,7-10H2,1-2H3. The van der Waals surface area contributed by atoms with Crippen LogP contribution in [0.1, 0.15) is 25.8 Å². The molecular formula is C15H21FN2O. The van der Waals surface area contributed by atoms with Gasteiger partial charge in [0.1, 0.15) is 5.82 Å². The summed E-state index contributed by atoms with van der Waals surface area (Å²) in [5.41, 5.74) is 1.06. The summed E-state index contributed by atoms with van der Waals surface area (Å²) < 4.78 is 12.8. The maximum atomic E-state index is 12.8. The molecule has 0 bridgehead atoms. The van der Waals surface area contributed by atoms with Gasteiger partial charge in [0.05, 0.1) is 6.04 Å². The number of halogens is 1. The molecule has 1 saturated heterocycles. The number of carbonyl (C=O) groups excluding carboxylic acids is 1. The molecule has 1 heterocycles. The van der Waals surface area contributed by atoms with Crippen molar-refractivity contribution < 1.29 is 9.18 Å². The smallest absolute Gasteiger partial charge is 0.239 e. The number of rotatable bonds is 5. The fraction of sp³-hybridized carbons (Fsp3) is 0.533. The second-order valence-corrected chi connectivity index (χ2v) is 5.36. The number of likely N-dealkylation sites (tertiary alicyclic amines) is 1. The average molecular weight is 264 g/mol. The highest BCUT2D eigenvalue weighted by Gasteiger charge is 2.31. The zero-order chi connectivity index (χ0) is 13.8. The molecule has 104 valence electrons. The third-order valence-corrected chi connectivity index (χ3v) is 3.42. The van der Waals surface area contributed by atoms with E-state index in [0.29, 0.717) is 12.6 Å². The number of benzene rings is 1. The molecule has 1 fully saturated rings. The van der Waals surface area contributed by atoms with Gasteiger partial charge in [0.2, 0.25) is 5.91 Å². The first kappa shape index (κ1) is 14.0. The summed E-state index contributed by atoms with van der Waals surface area (Å²) in [4.78, 5) is 14.0. The number of amides is 1. The Morgan fingerprint density at radius 2 is 2.05 bits per heavy atom. The molecule has 1 amide bonds. The quantitative estimate of drug-likeness (QED) is 0.882. The topological polar surface area (TPSA) is 32.3 Å². The molecule has 19 heavy (non-hydrogen) atoms. The number of hydrogen-bond acceptors (Lipinski definition) is 2. The number of nitrogens with one attached hydrogen (secondary N) is 1. The Morgan fingerprint density at radius 1 is 1.37 bits per heavy atom. The minimum absolute atomic E-state index is 0.0341. The Labute approximate surface area is 113 Å². The summed E-state index contributed by atoms with van der Waals surface area (Å²) in [5, 5.41) is 3.29. The van der Waals surface area contributed by atoms with Crippen LogP contribution in [-0.2, 0) is 11.2 Å². The summed E-state index contributed by atoms with van der Waals surface area (Å²) in [7, 11) is 0. The molecular weight excluding hydrogens is 243 g/mol. The lowest BCUT2D eigenvalue weighted by Crippen LogP contribution is -2.41. The van der Waals surface area contributed by atoms with E-state index in [0.717, 1.165) is 24.9 Å². The predicted octanol–water partition coefficient (Wildman–Crippen LogP) is 1.97. The van der Waals surface area contributed by atoms with E-state index in [1.807, 2.05) is 4.90 Å². The van der Waals surface area contributed by atoms with Gasteiger partial charge in [-0.15, -0.1) is 0 Å². The second kappa shape index (κ2) is 6.15. The first-order valence-electron chi connectivity index (χ1n) is 6.85. The van der Waals surface area contributed by atoms with Crippen molar-refractivity contribution in [2.24, 2.45) is 0 Å². The number of nitrogens with zero attached hydrogens (tertiary/aromatic N) is 1. The van der Waals surface area contributed by atoms with Crippen molar-refractivity contribution in [2.75, 3.05) is 13.1 Å². The van der Waals surface area contributed by atoms with Crippen molar-refractivity contribution in [3.8, 4) is 0 Å². The molecule has 0 aliphatic carbocycles. The van der Waals surface area contributed by atoms with Crippen molar-refractivity contribution in [3.05, 3.63) is 35.6 Å². The van der Waals surface area contributed by atoms with Crippen LogP contribution in [0.2, 0.25) is 0 Å². The largest absolute Gasteiger partial charge is 0.341 e. The Balaban J connectivity index is 1.84. The second-order valence-electron chi connectivity index (χ2n) is 5.36. The SMILES string of the molecule is CC(C)NC1CCN(CCc2ccc(F)cc2)C1=O. The molecule has 1 aliphatic heterocycles. The molecule has 1 aromatic carbocycles. The average Bonchev–Trinajstić information content (AvgIpc) is 2.70. The summed E-state index contributed by atoms with van der Waals surface area (Å²) in [6.45, 7) is 5.62. The Morgan fingerprint density at radius 3 is 2.68 bits per heavy atom. The zero-order valence-corrected chi connectivity index (χ0v) is 11.5. The van der Waals surface area contributed by atoms with Gasteiger partial charge in [0.15, 0.2) is 0 Å². The zero-order valence-electron chi connectivity index (χ0n) is 11.5. The molecule has 1 atom stereocenters. The van der Waals surface area contributed by atoms with Crippen LogP contribution in [0.3, 0.4) is 0 Å². The lowest BCUT2D eigenvalue weighted by molar-refractivity contribution is -0.129. The van der Waals surface area contributed by atoms with Crippen molar-refractivity contribution in [1.29, 1.82) is 0 Å². The van der Waals surface area contributed by atoms with Gasteiger partial charge in [-0.3, -0.25) is 4.79 Å². The molecule has 0 saturated carbocycles. The van der Waals surface area contributed by atoms with Crippen LogP contribution in [0.5, 0.6) is 0 Å². The van der Waals surface area contributed by atoms with E-state index >= 15 is 0 Å². The number of hydrogen-bond donors (Lipinski definition) is 1. The fourth-order valence-electron chi connectivity index (χ4n) is 2.43. The first-order valence-corrected chi connectivity index (χ1v) is 6.85. The van der Waals surface area contributed by atoms with Gasteiger partial charge in [-0.05, 0) is 30.5 Å². The first-order chi connectivity index (χ1) is 9.06. The van der Waals surface area contributed by atoms with Crippen LogP contribution in [0, 0.1) is 5.82 Å². The van der Waals surface area contributed by atoms with E-state index in [9.17, 15) is 9.18 Å². The van der Waals surface area contributed by atoms with Crippen LogP contribution < -0.4 is 5.32 Å². The molecule has 0 radical (unpaired) electrons. The third kappa shape index (κ3) is 3.77. The van der Waals surface area contributed by atoms with Crippen LogP contribution in [-0.4, -0.2) is 36.0 Å². The molecule has 1 aliphatic rings. The summed E-state index contributed by atoms with van der Waals surface area (Å²) in [6.07, 6.45) is 1.65. The summed E-state index contributed by atoms with van der Waals surface area (Å²) >= 11 is 0. The molecule has 3 nitrogen and oxygen atoms in total. The molecule has 1 aromatic rings. The van der Waals surface area contributed by atoms with Crippen LogP contribution in [0.15, 0.2) is 24.3 Å². The third-order valence-electron chi connectivity index (χ3n) is 3.42. The highest BCUT2D eigenvalue weighted by atomic mass is 19.1. The molecule has 0 aromatic heterocycles. The van der Waals surface area contributed by atoms with Crippen LogP contribution in [0.25, 0.3) is 0 Å². The van der Waals surface area contributed by atoms with Gasteiger partial charge in [0, 0.05) is 19.1 Å². The van der Waals surface area contributed by atoms with E-state index in [4.69, 9.17) is 0 Å². The maximum absolute atomic E-state index is 12.8. The Bertz CT molecular complexity index is 430. The Kier molecular flexibility index (Phi) is 4.53. The van der Waals surface area contributed by atoms with E-state index in [1.54, 1.807) is 12.1 Å². The van der Waals surface area contributed by atoms with Gasteiger partial charge in [-0.25, -0.2) is 4.39 Å². The fourth-order valence-corrected chi connectivity index (χ4v) is 2.43. The minimum Gasteiger partial charge on any atom is -0.341 e. The minimum atomic E-state index is -0.220. The van der Waals surface area contributed by atoms with Gasteiger partial charge in [0.25, 0.3) is 0 Å².